The Kier molecular flexibility index (Phi) is 4.59. The Morgan fingerprint density at radius 2 is 1.89 bits per heavy atom. The Balaban J connectivity index is 1.92. The van der Waals surface area contributed by atoms with E-state index >= 15 is 0 Å². The van der Waals surface area contributed by atoms with Crippen LogP contribution in [0.5, 0.6) is 0 Å². The first-order valence-corrected chi connectivity index (χ1v) is 7.22. The van der Waals surface area contributed by atoms with Gasteiger partial charge in [0.15, 0.2) is 0 Å². The molecule has 2 rings (SSSR count). The molecular weight excluding hydrogens is 236 g/mol. The number of hydrogen-bond acceptors (Lipinski definition) is 2. The van der Waals surface area contributed by atoms with E-state index in [1.165, 1.54) is 5.56 Å². The van der Waals surface area contributed by atoms with Gasteiger partial charge in [0.1, 0.15) is 0 Å². The fourth-order valence-corrected chi connectivity index (χ4v) is 2.65. The molecule has 1 aromatic carbocycles. The Hall–Kier alpha value is -1.35. The van der Waals surface area contributed by atoms with Gasteiger partial charge in [0.2, 0.25) is 5.91 Å². The van der Waals surface area contributed by atoms with Gasteiger partial charge in [0.05, 0.1) is 5.41 Å². The predicted molar refractivity (Wildman–Crippen MR) is 77.9 cm³/mol. The first-order valence-electron chi connectivity index (χ1n) is 7.22. The smallest absolute Gasteiger partial charge is 0.232 e. The molecule has 1 aliphatic rings. The van der Waals surface area contributed by atoms with Crippen molar-refractivity contribution in [2.24, 2.45) is 5.73 Å². The number of carbonyl (C=O) groups is 1. The van der Waals surface area contributed by atoms with Gasteiger partial charge in [-0.1, -0.05) is 36.8 Å². The highest BCUT2D eigenvalue weighted by Crippen LogP contribution is 2.49. The number of nitrogens with two attached hydrogens (primary N) is 1. The summed E-state index contributed by atoms with van der Waals surface area (Å²) in [7, 11) is 1.92. The van der Waals surface area contributed by atoms with Crippen molar-refractivity contribution in [3.63, 3.8) is 0 Å². The van der Waals surface area contributed by atoms with Gasteiger partial charge in [-0.15, -0.1) is 0 Å². The molecule has 0 saturated heterocycles. The normalized spacial score (nSPS) is 16.1. The highest BCUT2D eigenvalue weighted by molar-refractivity contribution is 5.91. The number of rotatable bonds is 7. The van der Waals surface area contributed by atoms with Crippen LogP contribution in [0, 0.1) is 0 Å². The van der Waals surface area contributed by atoms with E-state index in [4.69, 9.17) is 5.73 Å². The van der Waals surface area contributed by atoms with Crippen LogP contribution in [0.3, 0.4) is 0 Å². The third kappa shape index (κ3) is 3.16. The Labute approximate surface area is 115 Å². The van der Waals surface area contributed by atoms with E-state index in [1.54, 1.807) is 0 Å². The first-order chi connectivity index (χ1) is 9.20. The third-order valence-corrected chi connectivity index (χ3v) is 4.03. The molecule has 0 atom stereocenters. The van der Waals surface area contributed by atoms with Gasteiger partial charge in [-0.3, -0.25) is 4.79 Å². The van der Waals surface area contributed by atoms with Crippen LogP contribution in [0.2, 0.25) is 0 Å². The highest BCUT2D eigenvalue weighted by Gasteiger charge is 2.52. The number of likely N-dealkylation sites (N-methyl/N-ethyl adjacent to an activating group) is 1. The molecule has 1 aliphatic carbocycles. The molecular formula is C16H24N2O. The Bertz CT molecular complexity index is 412. The molecule has 3 nitrogen and oxygen atoms in total. The van der Waals surface area contributed by atoms with E-state index in [0.29, 0.717) is 0 Å². The largest absolute Gasteiger partial charge is 0.345 e. The van der Waals surface area contributed by atoms with E-state index in [2.05, 4.69) is 12.1 Å². The van der Waals surface area contributed by atoms with Crippen molar-refractivity contribution >= 4 is 5.91 Å². The molecule has 0 aromatic heterocycles. The first kappa shape index (κ1) is 14.1. The van der Waals surface area contributed by atoms with E-state index in [1.807, 2.05) is 30.1 Å². The molecule has 1 saturated carbocycles. The van der Waals surface area contributed by atoms with Crippen molar-refractivity contribution in [2.45, 2.75) is 37.5 Å². The molecule has 0 bridgehead atoms. The van der Waals surface area contributed by atoms with E-state index in [9.17, 15) is 4.79 Å². The summed E-state index contributed by atoms with van der Waals surface area (Å²) in [6.45, 7) is 1.58. The van der Waals surface area contributed by atoms with Gasteiger partial charge in [0.25, 0.3) is 0 Å². The minimum absolute atomic E-state index is 0.218. The summed E-state index contributed by atoms with van der Waals surface area (Å²) in [6.07, 6.45) is 5.18. The van der Waals surface area contributed by atoms with Crippen molar-refractivity contribution < 1.29 is 4.79 Å². The maximum absolute atomic E-state index is 12.6. The van der Waals surface area contributed by atoms with Crippen LogP contribution < -0.4 is 5.73 Å². The number of nitrogens with zero attached hydrogens (tertiary/aromatic N) is 1. The molecule has 0 heterocycles. The van der Waals surface area contributed by atoms with Crippen LogP contribution in [0.15, 0.2) is 30.3 Å². The van der Waals surface area contributed by atoms with Gasteiger partial charge >= 0.3 is 0 Å². The number of hydrogen-bond donors (Lipinski definition) is 1. The molecule has 0 unspecified atom stereocenters. The summed E-state index contributed by atoms with van der Waals surface area (Å²) in [4.78, 5) is 14.5. The standard InChI is InChI=1S/C16H24N2O/c1-18(13-7-3-6-12-17)15(19)16(10-11-16)14-8-4-2-5-9-14/h2,4-5,8-9H,3,6-7,10-13,17H2,1H3. The second-order valence-corrected chi connectivity index (χ2v) is 5.52. The maximum Gasteiger partial charge on any atom is 0.232 e. The fraction of sp³-hybridized carbons (Fsp3) is 0.562. The molecule has 0 spiro atoms. The van der Waals surface area contributed by atoms with Gasteiger partial charge in [-0.25, -0.2) is 0 Å². The monoisotopic (exact) mass is 260 g/mol. The average Bonchev–Trinajstić information content (AvgIpc) is 3.25. The second-order valence-electron chi connectivity index (χ2n) is 5.52. The summed E-state index contributed by atoms with van der Waals surface area (Å²) in [5.74, 6) is 0.284. The van der Waals surface area contributed by atoms with Crippen molar-refractivity contribution in [2.75, 3.05) is 20.1 Å². The SMILES string of the molecule is CN(CCCCCN)C(=O)C1(c2ccccc2)CC1. The lowest BCUT2D eigenvalue weighted by Crippen LogP contribution is -2.37. The van der Waals surface area contributed by atoms with Gasteiger partial charge in [0, 0.05) is 13.6 Å². The topological polar surface area (TPSA) is 46.3 Å². The summed E-state index contributed by atoms with van der Waals surface area (Å²) >= 11 is 0. The molecule has 1 fully saturated rings. The zero-order valence-corrected chi connectivity index (χ0v) is 11.8. The maximum atomic E-state index is 12.6. The number of carbonyl (C=O) groups excluding carboxylic acids is 1. The number of amides is 1. The zero-order valence-electron chi connectivity index (χ0n) is 11.8. The van der Waals surface area contributed by atoms with Gasteiger partial charge in [-0.05, 0) is 37.8 Å². The van der Waals surface area contributed by atoms with Crippen LogP contribution in [-0.2, 0) is 10.2 Å². The summed E-state index contributed by atoms with van der Waals surface area (Å²) in [6, 6.07) is 10.2. The molecule has 3 heteroatoms. The Morgan fingerprint density at radius 1 is 1.21 bits per heavy atom. The lowest BCUT2D eigenvalue weighted by Gasteiger charge is -2.24. The van der Waals surface area contributed by atoms with E-state index in [-0.39, 0.29) is 11.3 Å². The van der Waals surface area contributed by atoms with Crippen molar-refractivity contribution in [3.05, 3.63) is 35.9 Å². The fourth-order valence-electron chi connectivity index (χ4n) is 2.65. The molecule has 0 radical (unpaired) electrons. The van der Waals surface area contributed by atoms with E-state index < -0.39 is 0 Å². The van der Waals surface area contributed by atoms with Crippen LogP contribution in [-0.4, -0.2) is 30.9 Å². The van der Waals surface area contributed by atoms with Crippen LogP contribution in [0.1, 0.15) is 37.7 Å². The third-order valence-electron chi connectivity index (χ3n) is 4.03. The van der Waals surface area contributed by atoms with Crippen molar-refractivity contribution in [1.29, 1.82) is 0 Å². The van der Waals surface area contributed by atoms with Crippen LogP contribution >= 0.6 is 0 Å². The Morgan fingerprint density at radius 3 is 2.47 bits per heavy atom. The lowest BCUT2D eigenvalue weighted by atomic mass is 9.94. The molecule has 1 amide bonds. The minimum atomic E-state index is -0.218. The number of unbranched alkanes of at least 4 members (excludes halogenated alkanes) is 2. The van der Waals surface area contributed by atoms with Crippen LogP contribution in [0.4, 0.5) is 0 Å². The minimum Gasteiger partial charge on any atom is -0.345 e. The predicted octanol–water partition coefficient (Wildman–Crippen LogP) is 2.31. The van der Waals surface area contributed by atoms with Crippen molar-refractivity contribution in [1.82, 2.24) is 4.90 Å². The molecule has 104 valence electrons. The summed E-state index contributed by atoms with van der Waals surface area (Å²) in [5, 5.41) is 0. The van der Waals surface area contributed by atoms with E-state index in [0.717, 1.165) is 45.2 Å². The highest BCUT2D eigenvalue weighted by atomic mass is 16.2. The molecule has 0 aliphatic heterocycles. The molecule has 19 heavy (non-hydrogen) atoms. The van der Waals surface area contributed by atoms with Gasteiger partial charge < -0.3 is 10.6 Å². The van der Waals surface area contributed by atoms with Crippen molar-refractivity contribution in [3.8, 4) is 0 Å². The lowest BCUT2D eigenvalue weighted by molar-refractivity contribution is -0.132. The average molecular weight is 260 g/mol. The quantitative estimate of drug-likeness (QED) is 0.765. The van der Waals surface area contributed by atoms with Gasteiger partial charge in [-0.2, -0.15) is 0 Å². The van der Waals surface area contributed by atoms with Crippen LogP contribution in [0.25, 0.3) is 0 Å². The molecule has 1 aromatic rings. The number of benzene rings is 1. The summed E-state index contributed by atoms with van der Waals surface area (Å²) < 4.78 is 0. The second kappa shape index (κ2) is 6.20. The summed E-state index contributed by atoms with van der Waals surface area (Å²) in [5.41, 5.74) is 6.44. The zero-order chi connectivity index (χ0) is 13.7. The molecule has 2 N–H and O–H groups in total.